The molecule has 0 aliphatic carbocycles. The lowest BCUT2D eigenvalue weighted by Gasteiger charge is -2.29. The van der Waals surface area contributed by atoms with Gasteiger partial charge < -0.3 is 15.1 Å². The first-order chi connectivity index (χ1) is 12.9. The van der Waals surface area contributed by atoms with E-state index in [1.807, 2.05) is 23.0 Å². The van der Waals surface area contributed by atoms with Crippen LogP contribution in [0.5, 0.6) is 0 Å². The van der Waals surface area contributed by atoms with Crippen molar-refractivity contribution in [1.82, 2.24) is 14.5 Å². The molecule has 1 atom stereocenters. The highest BCUT2D eigenvalue weighted by Gasteiger charge is 2.25. The molecule has 0 bridgehead atoms. The molecular formula is C23H33N3O2S. The summed E-state index contributed by atoms with van der Waals surface area (Å²) in [6, 6.07) is 6.34. The van der Waals surface area contributed by atoms with E-state index in [1.165, 1.54) is 11.1 Å². The molecule has 0 aromatic heterocycles. The average molecular weight is 416 g/mol. The first-order valence-electron chi connectivity index (χ1n) is 9.76. The summed E-state index contributed by atoms with van der Waals surface area (Å²) >= 11 is 4.86. The van der Waals surface area contributed by atoms with E-state index in [1.54, 1.807) is 6.33 Å². The Kier molecular flexibility index (Phi) is 6.82. The Hall–Kier alpha value is -1.89. The molecule has 5 nitrogen and oxygen atoms in total. The summed E-state index contributed by atoms with van der Waals surface area (Å²) in [5.41, 5.74) is 5.31. The van der Waals surface area contributed by atoms with Crippen LogP contribution >= 0.6 is 12.6 Å². The predicted molar refractivity (Wildman–Crippen MR) is 121 cm³/mol. The van der Waals surface area contributed by atoms with E-state index in [4.69, 9.17) is 12.6 Å². The number of imidazole rings is 1. The topological polar surface area (TPSA) is 82.4 Å². The molecule has 1 aromatic rings. The second-order valence-electron chi connectivity index (χ2n) is 9.68. The molecule has 6 heteroatoms. The molecule has 0 radical (unpaired) electrons. The van der Waals surface area contributed by atoms with Gasteiger partial charge >= 0.3 is 0 Å². The fraction of sp³-hybridized carbons (Fsp3) is 0.478. The molecule has 158 valence electrons. The summed E-state index contributed by atoms with van der Waals surface area (Å²) in [5.74, 6) is 0. The predicted octanol–water partition coefficient (Wildman–Crippen LogP) is 4.05. The normalized spacial score (nSPS) is 13.4. The standard InChI is InChI=1S/C23H31N3OS.H2O/c1-22(2,3)17-10-15(11-18(21(17)28)23(4,5)6)9-16(27)12-26-8-7-19-20(13-26)25-14-24-19;/h7-8,10-11,13-14,16,27-28H,9,12H2,1-6H3;1H2. The molecule has 0 spiro atoms. The third-order valence-electron chi connectivity index (χ3n) is 5.05. The highest BCUT2D eigenvalue weighted by molar-refractivity contribution is 7.80. The number of hydrogen-bond donors (Lipinski definition) is 2. The number of hydrogen-bond acceptors (Lipinski definition) is 4. The first kappa shape index (κ1) is 23.4. The van der Waals surface area contributed by atoms with Gasteiger partial charge in [-0.25, -0.2) is 9.97 Å². The van der Waals surface area contributed by atoms with Crippen LogP contribution in [0.1, 0.15) is 58.2 Å². The molecule has 0 saturated carbocycles. The molecule has 2 aliphatic heterocycles. The maximum absolute atomic E-state index is 10.8. The van der Waals surface area contributed by atoms with Crippen molar-refractivity contribution in [3.63, 3.8) is 0 Å². The summed E-state index contributed by atoms with van der Waals surface area (Å²) in [4.78, 5) is 9.48. The molecule has 2 aliphatic rings. The van der Waals surface area contributed by atoms with Crippen LogP contribution in [-0.4, -0.2) is 31.2 Å². The van der Waals surface area contributed by atoms with E-state index >= 15 is 0 Å². The van der Waals surface area contributed by atoms with Crippen molar-refractivity contribution in [3.8, 4) is 11.4 Å². The number of aliphatic hydroxyl groups excluding tert-OH is 1. The van der Waals surface area contributed by atoms with Gasteiger partial charge in [-0.1, -0.05) is 53.7 Å². The Morgan fingerprint density at radius 1 is 1.00 bits per heavy atom. The summed E-state index contributed by atoms with van der Waals surface area (Å²) in [6.07, 6.45) is 5.54. The summed E-state index contributed by atoms with van der Waals surface area (Å²) < 4.78 is 1.98. The third-order valence-corrected chi connectivity index (χ3v) is 5.53. The third kappa shape index (κ3) is 5.38. The van der Waals surface area contributed by atoms with Crippen molar-refractivity contribution in [2.24, 2.45) is 0 Å². The molecule has 0 saturated heterocycles. The number of benzene rings is 1. The average Bonchev–Trinajstić information content (AvgIpc) is 3.01. The zero-order valence-electron chi connectivity index (χ0n) is 18.2. The van der Waals surface area contributed by atoms with E-state index in [-0.39, 0.29) is 16.3 Å². The minimum Gasteiger partial charge on any atom is -0.412 e. The second-order valence-corrected chi connectivity index (χ2v) is 10.1. The van der Waals surface area contributed by atoms with Crippen LogP contribution in [0.15, 0.2) is 41.8 Å². The van der Waals surface area contributed by atoms with Gasteiger partial charge in [0.15, 0.2) is 0 Å². The van der Waals surface area contributed by atoms with E-state index in [0.717, 1.165) is 21.8 Å². The lowest BCUT2D eigenvalue weighted by atomic mass is 9.79. The minimum absolute atomic E-state index is 0. The van der Waals surface area contributed by atoms with Crippen LogP contribution < -0.4 is 0 Å². The highest BCUT2D eigenvalue weighted by atomic mass is 32.1. The minimum atomic E-state index is -0.489. The Bertz CT molecular complexity index is 903. The second kappa shape index (κ2) is 8.46. The Labute approximate surface area is 179 Å². The van der Waals surface area contributed by atoms with Crippen molar-refractivity contribution in [2.75, 3.05) is 0 Å². The van der Waals surface area contributed by atoms with Gasteiger partial charge in [0.2, 0.25) is 0 Å². The lowest BCUT2D eigenvalue weighted by Crippen LogP contribution is -2.22. The first-order valence-corrected chi connectivity index (χ1v) is 10.2. The zero-order valence-corrected chi connectivity index (χ0v) is 19.1. The van der Waals surface area contributed by atoms with Crippen LogP contribution in [0, 0.1) is 0 Å². The fourth-order valence-electron chi connectivity index (χ4n) is 3.53. The SMILES string of the molecule is CC(C)(C)c1cc(CC(O)Cn2ccc3ncnc-3c2)cc(C(C)(C)C)c1S.O. The maximum atomic E-state index is 10.8. The molecule has 3 N–H and O–H groups in total. The highest BCUT2D eigenvalue weighted by Crippen LogP contribution is 2.37. The van der Waals surface area contributed by atoms with Gasteiger partial charge in [-0.05, 0) is 33.6 Å². The lowest BCUT2D eigenvalue weighted by molar-refractivity contribution is 0.154. The zero-order chi connectivity index (χ0) is 20.7. The van der Waals surface area contributed by atoms with Crippen LogP contribution in [0.2, 0.25) is 0 Å². The molecule has 3 rings (SSSR count). The van der Waals surface area contributed by atoms with Crippen LogP contribution in [0.4, 0.5) is 0 Å². The number of aliphatic hydroxyl groups is 1. The number of aromatic nitrogens is 3. The van der Waals surface area contributed by atoms with Crippen molar-refractivity contribution >= 4 is 12.6 Å². The molecule has 1 unspecified atom stereocenters. The fourth-order valence-corrected chi connectivity index (χ4v) is 4.33. The van der Waals surface area contributed by atoms with Crippen molar-refractivity contribution in [2.45, 2.75) is 76.3 Å². The monoisotopic (exact) mass is 415 g/mol. The quantitative estimate of drug-likeness (QED) is 0.631. The van der Waals surface area contributed by atoms with E-state index in [2.05, 4.69) is 63.6 Å². The number of pyridine rings is 1. The van der Waals surface area contributed by atoms with Crippen molar-refractivity contribution in [3.05, 3.63) is 53.6 Å². The van der Waals surface area contributed by atoms with Gasteiger partial charge in [0.05, 0.1) is 11.8 Å². The maximum Gasteiger partial charge on any atom is 0.116 e. The number of fused-ring (bicyclic) bond motifs is 1. The van der Waals surface area contributed by atoms with E-state index in [0.29, 0.717) is 13.0 Å². The number of thiol groups is 1. The van der Waals surface area contributed by atoms with E-state index < -0.39 is 6.10 Å². The Morgan fingerprint density at radius 2 is 1.55 bits per heavy atom. The summed E-state index contributed by atoms with van der Waals surface area (Å²) in [7, 11) is 0. The molecule has 0 fully saturated rings. The molecule has 1 aromatic carbocycles. The van der Waals surface area contributed by atoms with Gasteiger partial charge in [-0.15, -0.1) is 12.6 Å². The van der Waals surface area contributed by atoms with Gasteiger partial charge in [0, 0.05) is 30.3 Å². The Balaban J connectivity index is 0.00000300. The van der Waals surface area contributed by atoms with Crippen molar-refractivity contribution < 1.29 is 10.6 Å². The van der Waals surface area contributed by atoms with Crippen LogP contribution in [-0.2, 0) is 23.8 Å². The van der Waals surface area contributed by atoms with Gasteiger partial charge in [-0.3, -0.25) is 0 Å². The largest absolute Gasteiger partial charge is 0.412 e. The van der Waals surface area contributed by atoms with E-state index in [9.17, 15) is 5.11 Å². The smallest absolute Gasteiger partial charge is 0.116 e. The molecule has 0 amide bonds. The van der Waals surface area contributed by atoms with Crippen LogP contribution in [0.25, 0.3) is 11.4 Å². The molecule has 2 heterocycles. The molecule has 29 heavy (non-hydrogen) atoms. The number of nitrogens with zero attached hydrogens (tertiary/aromatic N) is 3. The summed E-state index contributed by atoms with van der Waals surface area (Å²) in [6.45, 7) is 13.8. The van der Waals surface area contributed by atoms with Gasteiger partial charge in [-0.2, -0.15) is 0 Å². The number of rotatable bonds is 4. The summed E-state index contributed by atoms with van der Waals surface area (Å²) in [5, 5.41) is 10.8. The van der Waals surface area contributed by atoms with Gasteiger partial charge in [0.1, 0.15) is 12.0 Å². The van der Waals surface area contributed by atoms with Crippen LogP contribution in [0.3, 0.4) is 0 Å². The van der Waals surface area contributed by atoms with Crippen molar-refractivity contribution in [1.29, 1.82) is 0 Å². The van der Waals surface area contributed by atoms with Gasteiger partial charge in [0.25, 0.3) is 0 Å². The molecular weight excluding hydrogens is 382 g/mol. The Morgan fingerprint density at radius 3 is 2.10 bits per heavy atom.